The molecular formula is C14H15NO2S. The van der Waals surface area contributed by atoms with Crippen molar-refractivity contribution in [1.82, 2.24) is 5.32 Å². The first-order valence-electron chi connectivity index (χ1n) is 5.76. The van der Waals surface area contributed by atoms with E-state index in [0.29, 0.717) is 6.54 Å². The van der Waals surface area contributed by atoms with Gasteiger partial charge in [-0.15, -0.1) is 11.3 Å². The van der Waals surface area contributed by atoms with E-state index in [9.17, 15) is 4.79 Å². The van der Waals surface area contributed by atoms with Crippen LogP contribution in [0.2, 0.25) is 0 Å². The van der Waals surface area contributed by atoms with Crippen LogP contribution in [0.5, 0.6) is 0 Å². The predicted molar refractivity (Wildman–Crippen MR) is 73.7 cm³/mol. The SMILES string of the molecule is C[C@@H](NCc1cc(-c2ccccc2)cs1)C(=O)O. The number of carboxylic acids is 1. The van der Waals surface area contributed by atoms with Crippen LogP contribution >= 0.6 is 11.3 Å². The van der Waals surface area contributed by atoms with Crippen molar-refractivity contribution in [2.45, 2.75) is 19.5 Å². The maximum Gasteiger partial charge on any atom is 0.320 e. The maximum absolute atomic E-state index is 10.7. The summed E-state index contributed by atoms with van der Waals surface area (Å²) in [7, 11) is 0. The molecule has 3 nitrogen and oxygen atoms in total. The Morgan fingerprint density at radius 3 is 2.72 bits per heavy atom. The molecule has 0 bridgehead atoms. The van der Waals surface area contributed by atoms with E-state index in [1.165, 1.54) is 11.1 Å². The van der Waals surface area contributed by atoms with Crippen LogP contribution in [0, 0.1) is 0 Å². The van der Waals surface area contributed by atoms with Crippen molar-refractivity contribution in [2.75, 3.05) is 0 Å². The van der Waals surface area contributed by atoms with Crippen LogP contribution in [-0.4, -0.2) is 17.1 Å². The minimum absolute atomic E-state index is 0.521. The van der Waals surface area contributed by atoms with Gasteiger partial charge in [-0.25, -0.2) is 0 Å². The molecule has 2 aromatic rings. The van der Waals surface area contributed by atoms with Gasteiger partial charge in [-0.2, -0.15) is 0 Å². The molecule has 4 heteroatoms. The van der Waals surface area contributed by atoms with Crippen LogP contribution in [-0.2, 0) is 11.3 Å². The number of rotatable bonds is 5. The van der Waals surface area contributed by atoms with E-state index < -0.39 is 12.0 Å². The first-order valence-corrected chi connectivity index (χ1v) is 6.64. The molecule has 18 heavy (non-hydrogen) atoms. The van der Waals surface area contributed by atoms with Crippen LogP contribution in [0.15, 0.2) is 41.8 Å². The average molecular weight is 261 g/mol. The van der Waals surface area contributed by atoms with Crippen molar-refractivity contribution in [3.05, 3.63) is 46.7 Å². The number of carboxylic acid groups (broad SMARTS) is 1. The lowest BCUT2D eigenvalue weighted by Gasteiger charge is -2.06. The molecule has 0 aliphatic heterocycles. The fraction of sp³-hybridized carbons (Fsp3) is 0.214. The van der Waals surface area contributed by atoms with Crippen molar-refractivity contribution in [3.8, 4) is 11.1 Å². The third kappa shape index (κ3) is 3.18. The van der Waals surface area contributed by atoms with Crippen molar-refractivity contribution in [3.63, 3.8) is 0 Å². The Labute approximate surface area is 110 Å². The monoisotopic (exact) mass is 261 g/mol. The highest BCUT2D eigenvalue weighted by Crippen LogP contribution is 2.25. The maximum atomic E-state index is 10.7. The lowest BCUT2D eigenvalue weighted by atomic mass is 10.1. The molecule has 0 saturated heterocycles. The molecule has 1 aromatic carbocycles. The second kappa shape index (κ2) is 5.80. The quantitative estimate of drug-likeness (QED) is 0.870. The van der Waals surface area contributed by atoms with Crippen LogP contribution in [0.4, 0.5) is 0 Å². The van der Waals surface area contributed by atoms with E-state index in [4.69, 9.17) is 5.11 Å². The lowest BCUT2D eigenvalue weighted by molar-refractivity contribution is -0.139. The molecule has 94 valence electrons. The summed E-state index contributed by atoms with van der Waals surface area (Å²) < 4.78 is 0. The number of benzene rings is 1. The molecule has 0 aliphatic carbocycles. The molecule has 0 radical (unpaired) electrons. The summed E-state index contributed by atoms with van der Waals surface area (Å²) in [6, 6.07) is 11.7. The first kappa shape index (κ1) is 12.8. The first-order chi connectivity index (χ1) is 8.66. The van der Waals surface area contributed by atoms with E-state index in [1.54, 1.807) is 18.3 Å². The predicted octanol–water partition coefficient (Wildman–Crippen LogP) is 2.98. The lowest BCUT2D eigenvalue weighted by Crippen LogP contribution is -2.32. The molecule has 1 heterocycles. The second-order valence-corrected chi connectivity index (χ2v) is 5.10. The summed E-state index contributed by atoms with van der Waals surface area (Å²) >= 11 is 1.64. The van der Waals surface area contributed by atoms with Crippen molar-refractivity contribution >= 4 is 17.3 Å². The molecule has 2 N–H and O–H groups in total. The Kier molecular flexibility index (Phi) is 4.12. The number of thiophene rings is 1. The average Bonchev–Trinajstić information content (AvgIpc) is 2.85. The Bertz CT molecular complexity index is 522. The Morgan fingerprint density at radius 1 is 1.33 bits per heavy atom. The zero-order valence-corrected chi connectivity index (χ0v) is 10.9. The van der Waals surface area contributed by atoms with Crippen LogP contribution < -0.4 is 5.32 Å². The van der Waals surface area contributed by atoms with E-state index in [2.05, 4.69) is 28.9 Å². The number of hydrogen-bond donors (Lipinski definition) is 2. The zero-order valence-electron chi connectivity index (χ0n) is 10.1. The number of carbonyl (C=O) groups is 1. The van der Waals surface area contributed by atoms with Crippen LogP contribution in [0.25, 0.3) is 11.1 Å². The molecule has 0 saturated carbocycles. The molecule has 1 atom stereocenters. The molecule has 1 aromatic heterocycles. The van der Waals surface area contributed by atoms with Crippen molar-refractivity contribution in [2.24, 2.45) is 0 Å². The summed E-state index contributed by atoms with van der Waals surface area (Å²) in [6.07, 6.45) is 0. The third-order valence-electron chi connectivity index (χ3n) is 2.71. The fourth-order valence-electron chi connectivity index (χ4n) is 1.60. The minimum atomic E-state index is -0.824. The second-order valence-electron chi connectivity index (χ2n) is 4.11. The van der Waals surface area contributed by atoms with Gasteiger partial charge in [-0.1, -0.05) is 30.3 Å². The summed E-state index contributed by atoms with van der Waals surface area (Å²) in [5, 5.41) is 13.9. The minimum Gasteiger partial charge on any atom is -0.480 e. The highest BCUT2D eigenvalue weighted by Gasteiger charge is 2.10. The van der Waals surface area contributed by atoms with E-state index >= 15 is 0 Å². The van der Waals surface area contributed by atoms with Gasteiger partial charge in [0.1, 0.15) is 6.04 Å². The third-order valence-corrected chi connectivity index (χ3v) is 3.65. The molecule has 0 aliphatic rings. The van der Waals surface area contributed by atoms with Crippen LogP contribution in [0.1, 0.15) is 11.8 Å². The normalized spacial score (nSPS) is 12.3. The van der Waals surface area contributed by atoms with Crippen LogP contribution in [0.3, 0.4) is 0 Å². The summed E-state index contributed by atoms with van der Waals surface area (Å²) in [4.78, 5) is 11.8. The Balaban J connectivity index is 2.01. The van der Waals surface area contributed by atoms with Gasteiger partial charge >= 0.3 is 5.97 Å². The van der Waals surface area contributed by atoms with E-state index in [-0.39, 0.29) is 0 Å². The van der Waals surface area contributed by atoms with E-state index in [0.717, 1.165) is 4.88 Å². The molecule has 0 fully saturated rings. The van der Waals surface area contributed by atoms with Gasteiger partial charge < -0.3 is 5.11 Å². The standard InChI is InChI=1S/C14H15NO2S/c1-10(14(16)17)15-8-13-7-12(9-18-13)11-5-3-2-4-6-11/h2-7,9-10,15H,8H2,1H3,(H,16,17)/t10-/m1/s1. The summed E-state index contributed by atoms with van der Waals surface area (Å²) in [6.45, 7) is 2.24. The van der Waals surface area contributed by atoms with E-state index in [1.807, 2.05) is 18.2 Å². The molecule has 0 unspecified atom stereocenters. The highest BCUT2D eigenvalue weighted by molar-refractivity contribution is 7.10. The Hall–Kier alpha value is -1.65. The van der Waals surface area contributed by atoms with Gasteiger partial charge in [0.2, 0.25) is 0 Å². The number of hydrogen-bond acceptors (Lipinski definition) is 3. The topological polar surface area (TPSA) is 49.3 Å². The van der Waals surface area contributed by atoms with Gasteiger partial charge in [-0.05, 0) is 29.5 Å². The van der Waals surface area contributed by atoms with Gasteiger partial charge in [0.05, 0.1) is 0 Å². The smallest absolute Gasteiger partial charge is 0.320 e. The fourth-order valence-corrected chi connectivity index (χ4v) is 2.44. The van der Waals surface area contributed by atoms with Gasteiger partial charge in [-0.3, -0.25) is 10.1 Å². The largest absolute Gasteiger partial charge is 0.480 e. The van der Waals surface area contributed by atoms with Crippen molar-refractivity contribution < 1.29 is 9.90 Å². The van der Waals surface area contributed by atoms with Gasteiger partial charge in [0.25, 0.3) is 0 Å². The Morgan fingerprint density at radius 2 is 2.06 bits per heavy atom. The number of nitrogens with one attached hydrogen (secondary N) is 1. The van der Waals surface area contributed by atoms with Gasteiger partial charge in [0.15, 0.2) is 0 Å². The highest BCUT2D eigenvalue weighted by atomic mass is 32.1. The summed E-state index contributed by atoms with van der Waals surface area (Å²) in [5.74, 6) is -0.824. The summed E-state index contributed by atoms with van der Waals surface area (Å²) in [5.41, 5.74) is 2.37. The molecule has 0 amide bonds. The zero-order chi connectivity index (χ0) is 13.0. The molecule has 0 spiro atoms. The molecular weight excluding hydrogens is 246 g/mol. The van der Waals surface area contributed by atoms with Gasteiger partial charge in [0, 0.05) is 11.4 Å². The van der Waals surface area contributed by atoms with Crippen molar-refractivity contribution in [1.29, 1.82) is 0 Å². The molecule has 2 rings (SSSR count). The number of aliphatic carboxylic acids is 1.